The summed E-state index contributed by atoms with van der Waals surface area (Å²) in [5, 5.41) is 11.5. The van der Waals surface area contributed by atoms with Gasteiger partial charge in [-0.05, 0) is 54.4 Å². The molecule has 0 spiro atoms. The molecule has 0 fully saturated rings. The number of methoxy groups -OCH3 is 2. The molecule has 1 atom stereocenters. The largest absolute Gasteiger partial charge is 0.495 e. The number of fused-ring (bicyclic) bond motifs is 1. The van der Waals surface area contributed by atoms with Crippen molar-refractivity contribution in [2.45, 2.75) is 19.6 Å². The fraction of sp³-hybridized carbons (Fsp3) is 0.179. The Bertz CT molecular complexity index is 1570. The van der Waals surface area contributed by atoms with E-state index < -0.39 is 6.04 Å². The zero-order valence-electron chi connectivity index (χ0n) is 21.4. The molecule has 2 heterocycles. The lowest BCUT2D eigenvalue weighted by Gasteiger charge is -2.29. The highest BCUT2D eigenvalue weighted by molar-refractivity contribution is 6.42. The summed E-state index contributed by atoms with van der Waals surface area (Å²) in [6.07, 6.45) is 1.44. The molecule has 0 radical (unpaired) electrons. The summed E-state index contributed by atoms with van der Waals surface area (Å²) >= 11 is 12.2. The van der Waals surface area contributed by atoms with Gasteiger partial charge in [-0.15, -0.1) is 0 Å². The fourth-order valence-electron chi connectivity index (χ4n) is 4.39. The van der Waals surface area contributed by atoms with E-state index in [1.807, 2.05) is 37.3 Å². The normalized spacial score (nSPS) is 14.3. The first-order chi connectivity index (χ1) is 18.9. The molecule has 39 heavy (non-hydrogen) atoms. The lowest BCUT2D eigenvalue weighted by atomic mass is 9.94. The van der Waals surface area contributed by atoms with Gasteiger partial charge in [-0.25, -0.2) is 4.68 Å². The Morgan fingerprint density at radius 1 is 1.00 bits per heavy atom. The quantitative estimate of drug-likeness (QED) is 0.266. The van der Waals surface area contributed by atoms with Crippen LogP contribution in [0.5, 0.6) is 17.2 Å². The zero-order valence-corrected chi connectivity index (χ0v) is 22.9. The van der Waals surface area contributed by atoms with E-state index in [0.29, 0.717) is 50.2 Å². The third-order valence-corrected chi connectivity index (χ3v) is 7.01. The number of aromatic nitrogens is 3. The van der Waals surface area contributed by atoms with E-state index in [0.717, 1.165) is 11.1 Å². The van der Waals surface area contributed by atoms with Crippen molar-refractivity contribution in [2.75, 3.05) is 24.9 Å². The Balaban J connectivity index is 1.47. The molecule has 0 unspecified atom stereocenters. The number of amides is 1. The second-order valence-corrected chi connectivity index (χ2v) is 9.51. The maximum Gasteiger partial charge on any atom is 0.255 e. The first-order valence-electron chi connectivity index (χ1n) is 12.0. The summed E-state index contributed by atoms with van der Waals surface area (Å²) in [6, 6.07) is 17.5. The number of allylic oxidation sites excluding steroid dienone is 1. The minimum atomic E-state index is -0.587. The molecule has 0 saturated carbocycles. The summed E-state index contributed by atoms with van der Waals surface area (Å²) in [5.41, 5.74) is 3.27. The van der Waals surface area contributed by atoms with Gasteiger partial charge in [0.05, 0.1) is 35.5 Å². The Labute approximate surface area is 235 Å². The summed E-state index contributed by atoms with van der Waals surface area (Å²) < 4.78 is 18.8. The Morgan fingerprint density at radius 3 is 2.56 bits per heavy atom. The van der Waals surface area contributed by atoms with E-state index in [1.54, 1.807) is 49.2 Å². The average molecular weight is 566 g/mol. The van der Waals surface area contributed by atoms with Crippen LogP contribution in [0.25, 0.3) is 0 Å². The van der Waals surface area contributed by atoms with Gasteiger partial charge in [-0.1, -0.05) is 47.5 Å². The van der Waals surface area contributed by atoms with E-state index in [2.05, 4.69) is 20.7 Å². The van der Waals surface area contributed by atoms with Crippen LogP contribution in [0.3, 0.4) is 0 Å². The van der Waals surface area contributed by atoms with Crippen LogP contribution in [0.1, 0.15) is 24.1 Å². The van der Waals surface area contributed by atoms with E-state index in [-0.39, 0.29) is 12.5 Å². The van der Waals surface area contributed by atoms with E-state index >= 15 is 0 Å². The summed E-state index contributed by atoms with van der Waals surface area (Å²) in [6.45, 7) is 2.09. The smallest absolute Gasteiger partial charge is 0.255 e. The van der Waals surface area contributed by atoms with Crippen molar-refractivity contribution in [1.29, 1.82) is 0 Å². The number of benzene rings is 3. The summed E-state index contributed by atoms with van der Waals surface area (Å²) in [5.74, 6) is 1.78. The number of carbonyl (C=O) groups is 1. The minimum absolute atomic E-state index is 0.263. The second kappa shape index (κ2) is 11.3. The number of rotatable bonds is 8. The number of ether oxygens (including phenoxy) is 3. The molecule has 1 aliphatic rings. The highest BCUT2D eigenvalue weighted by Crippen LogP contribution is 2.39. The molecule has 9 nitrogen and oxygen atoms in total. The number of para-hydroxylation sites is 2. The molecule has 0 bridgehead atoms. The lowest BCUT2D eigenvalue weighted by Crippen LogP contribution is -2.31. The molecule has 5 rings (SSSR count). The van der Waals surface area contributed by atoms with Gasteiger partial charge in [0.15, 0.2) is 11.5 Å². The van der Waals surface area contributed by atoms with Gasteiger partial charge < -0.3 is 24.8 Å². The van der Waals surface area contributed by atoms with Crippen LogP contribution < -0.4 is 24.8 Å². The van der Waals surface area contributed by atoms with Crippen LogP contribution in [0.2, 0.25) is 10.0 Å². The number of anilines is 2. The molecule has 3 aromatic carbocycles. The zero-order chi connectivity index (χ0) is 27.5. The number of nitrogens with zero attached hydrogens (tertiary/aromatic N) is 3. The molecule has 200 valence electrons. The van der Waals surface area contributed by atoms with Crippen molar-refractivity contribution in [3.63, 3.8) is 0 Å². The molecule has 0 saturated heterocycles. The number of nitrogens with one attached hydrogen (secondary N) is 2. The Kier molecular flexibility index (Phi) is 7.63. The Morgan fingerprint density at radius 2 is 1.79 bits per heavy atom. The van der Waals surface area contributed by atoms with Gasteiger partial charge in [0.2, 0.25) is 5.95 Å². The number of halogens is 2. The molecule has 2 N–H and O–H groups in total. The lowest BCUT2D eigenvalue weighted by molar-refractivity contribution is -0.113. The van der Waals surface area contributed by atoms with Gasteiger partial charge in [0.1, 0.15) is 24.7 Å². The maximum absolute atomic E-state index is 13.7. The standard InChI is InChI=1S/C28H25Cl2N5O4/c1-16-25(27(36)34-21-6-4-5-7-22(21)37-2)26(35-28(33-16)31-15-32-35)18-9-11-23(24(13-18)38-3)39-14-17-8-10-19(29)20(30)12-17/h4-13,15,26H,14H2,1-3H3,(H,34,36)(H,31,32,33)/t26-/m0/s1. The van der Waals surface area contributed by atoms with Gasteiger partial charge in [0.25, 0.3) is 5.91 Å². The average Bonchev–Trinajstić information content (AvgIpc) is 3.41. The van der Waals surface area contributed by atoms with Crippen LogP contribution in [0, 0.1) is 0 Å². The van der Waals surface area contributed by atoms with Crippen molar-refractivity contribution in [2.24, 2.45) is 0 Å². The first kappa shape index (κ1) is 26.4. The van der Waals surface area contributed by atoms with Crippen LogP contribution in [-0.4, -0.2) is 34.9 Å². The van der Waals surface area contributed by atoms with Gasteiger partial charge in [-0.3, -0.25) is 4.79 Å². The summed E-state index contributed by atoms with van der Waals surface area (Å²) in [4.78, 5) is 18.0. The van der Waals surface area contributed by atoms with E-state index in [9.17, 15) is 4.79 Å². The molecular weight excluding hydrogens is 541 g/mol. The van der Waals surface area contributed by atoms with Gasteiger partial charge in [-0.2, -0.15) is 10.1 Å². The van der Waals surface area contributed by atoms with Crippen molar-refractivity contribution in [3.8, 4) is 17.2 Å². The SMILES string of the molecule is COc1ccccc1NC(=O)C1=C(C)Nc2ncnn2[C@H]1c1ccc(OCc2ccc(Cl)c(Cl)c2)c(OC)c1. The van der Waals surface area contributed by atoms with Crippen LogP contribution in [-0.2, 0) is 11.4 Å². The molecular formula is C28H25Cl2N5O4. The highest BCUT2D eigenvalue weighted by atomic mass is 35.5. The number of hydrogen-bond acceptors (Lipinski definition) is 7. The second-order valence-electron chi connectivity index (χ2n) is 8.70. The molecule has 4 aromatic rings. The third-order valence-electron chi connectivity index (χ3n) is 6.28. The van der Waals surface area contributed by atoms with Crippen LogP contribution in [0.15, 0.2) is 78.3 Å². The predicted octanol–water partition coefficient (Wildman–Crippen LogP) is 6.11. The fourth-order valence-corrected chi connectivity index (χ4v) is 4.72. The van der Waals surface area contributed by atoms with Gasteiger partial charge in [0, 0.05) is 5.70 Å². The molecule has 1 amide bonds. The first-order valence-corrected chi connectivity index (χ1v) is 12.7. The van der Waals surface area contributed by atoms with Crippen molar-refractivity contribution < 1.29 is 19.0 Å². The molecule has 1 aromatic heterocycles. The molecule has 1 aliphatic heterocycles. The topological polar surface area (TPSA) is 99.5 Å². The van der Waals surface area contributed by atoms with E-state index in [4.69, 9.17) is 37.4 Å². The molecule has 11 heteroatoms. The van der Waals surface area contributed by atoms with Crippen molar-refractivity contribution >= 4 is 40.7 Å². The van der Waals surface area contributed by atoms with Crippen LogP contribution in [0.4, 0.5) is 11.6 Å². The van der Waals surface area contributed by atoms with Crippen molar-refractivity contribution in [3.05, 3.63) is 99.4 Å². The van der Waals surface area contributed by atoms with E-state index in [1.165, 1.54) is 6.33 Å². The monoisotopic (exact) mass is 565 g/mol. The predicted molar refractivity (Wildman–Crippen MR) is 150 cm³/mol. The third kappa shape index (κ3) is 5.36. The van der Waals surface area contributed by atoms with Gasteiger partial charge >= 0.3 is 0 Å². The summed E-state index contributed by atoms with van der Waals surface area (Å²) in [7, 11) is 3.12. The number of hydrogen-bond donors (Lipinski definition) is 2. The Hall–Kier alpha value is -4.21. The highest BCUT2D eigenvalue weighted by Gasteiger charge is 2.34. The minimum Gasteiger partial charge on any atom is -0.495 e. The molecule has 0 aliphatic carbocycles. The maximum atomic E-state index is 13.7. The van der Waals surface area contributed by atoms with Crippen molar-refractivity contribution in [1.82, 2.24) is 14.8 Å². The number of carbonyl (C=O) groups excluding carboxylic acids is 1. The van der Waals surface area contributed by atoms with Crippen LogP contribution >= 0.6 is 23.2 Å².